The van der Waals surface area contributed by atoms with Crippen LogP contribution in [-0.4, -0.2) is 26.8 Å². The number of nitrogen functional groups attached to an aromatic ring is 1. The van der Waals surface area contributed by atoms with Gasteiger partial charge in [-0.05, 0) is 59.7 Å². The Morgan fingerprint density at radius 2 is 1.52 bits per heavy atom. The maximum absolute atomic E-state index is 13.2. The van der Waals surface area contributed by atoms with E-state index in [1.807, 2.05) is 0 Å². The second kappa shape index (κ2) is 9.27. The molecule has 2 amide bonds. The number of hydrogen-bond acceptors (Lipinski definition) is 5. The summed E-state index contributed by atoms with van der Waals surface area (Å²) in [5.41, 5.74) is 8.57. The number of nitrogens with zero attached hydrogens (tertiary/aromatic N) is 3. The Bertz CT molecular complexity index is 1300. The van der Waals surface area contributed by atoms with Gasteiger partial charge in [-0.1, -0.05) is 23.4 Å². The van der Waals surface area contributed by atoms with E-state index in [4.69, 9.17) is 5.73 Å². The molecule has 3 aromatic carbocycles. The quantitative estimate of drug-likeness (QED) is 0.389. The van der Waals surface area contributed by atoms with Gasteiger partial charge in [-0.2, -0.15) is 0 Å². The van der Waals surface area contributed by atoms with E-state index in [1.54, 1.807) is 30.3 Å². The molecule has 1 aromatic heterocycles. The van der Waals surface area contributed by atoms with E-state index in [0.29, 0.717) is 17.1 Å². The Kier molecular flexibility index (Phi) is 6.07. The lowest BCUT2D eigenvalue weighted by Crippen LogP contribution is -2.19. The standard InChI is InChI=1S/C23H18F2N6O2/c24-16-4-1-14(2-5-16)15-3-10-19(26)20(11-15)28-23(33)21-12-31(30-29-21)13-22(32)27-18-8-6-17(25)7-9-18/h1-12H,13,26H2,(H,27,32)(H,28,33). The molecule has 10 heteroatoms. The Balaban J connectivity index is 1.42. The van der Waals surface area contributed by atoms with Crippen molar-refractivity contribution in [2.24, 2.45) is 0 Å². The van der Waals surface area contributed by atoms with Crippen molar-refractivity contribution >= 4 is 28.9 Å². The molecule has 0 fully saturated rings. The Hall–Kier alpha value is -4.60. The molecular formula is C23H18F2N6O2. The molecule has 4 aromatic rings. The number of hydrogen-bond donors (Lipinski definition) is 3. The third-order valence-electron chi connectivity index (χ3n) is 4.68. The number of aromatic nitrogens is 3. The number of anilines is 3. The zero-order valence-corrected chi connectivity index (χ0v) is 17.1. The Labute approximate surface area is 187 Å². The van der Waals surface area contributed by atoms with Gasteiger partial charge in [0.2, 0.25) is 5.91 Å². The summed E-state index contributed by atoms with van der Waals surface area (Å²) >= 11 is 0. The first-order chi connectivity index (χ1) is 15.9. The van der Waals surface area contributed by atoms with E-state index in [0.717, 1.165) is 11.1 Å². The second-order valence-corrected chi connectivity index (χ2v) is 7.12. The van der Waals surface area contributed by atoms with Gasteiger partial charge in [0.15, 0.2) is 5.69 Å². The average Bonchev–Trinajstić information content (AvgIpc) is 3.26. The van der Waals surface area contributed by atoms with Gasteiger partial charge in [0.25, 0.3) is 5.91 Å². The molecule has 1 heterocycles. The summed E-state index contributed by atoms with van der Waals surface area (Å²) in [6, 6.07) is 16.3. The molecule has 0 saturated heterocycles. The summed E-state index contributed by atoms with van der Waals surface area (Å²) in [5, 5.41) is 12.8. The molecule has 8 nitrogen and oxygen atoms in total. The first kappa shape index (κ1) is 21.6. The van der Waals surface area contributed by atoms with Crippen LogP contribution in [0.3, 0.4) is 0 Å². The molecule has 4 N–H and O–H groups in total. The summed E-state index contributed by atoms with van der Waals surface area (Å²) in [5.74, 6) is -1.75. The normalized spacial score (nSPS) is 10.6. The van der Waals surface area contributed by atoms with Crippen LogP contribution >= 0.6 is 0 Å². The lowest BCUT2D eigenvalue weighted by atomic mass is 10.0. The van der Waals surface area contributed by atoms with Gasteiger partial charge in [-0.25, -0.2) is 13.5 Å². The van der Waals surface area contributed by atoms with Crippen molar-refractivity contribution < 1.29 is 18.4 Å². The molecule has 4 rings (SSSR count). The van der Waals surface area contributed by atoms with Crippen molar-refractivity contribution in [3.05, 3.63) is 90.3 Å². The molecule has 0 saturated carbocycles. The van der Waals surface area contributed by atoms with Crippen LogP contribution in [0.15, 0.2) is 72.9 Å². The SMILES string of the molecule is Nc1ccc(-c2ccc(F)cc2)cc1NC(=O)c1cn(CC(=O)Nc2ccc(F)cc2)nn1. The molecule has 0 aliphatic rings. The lowest BCUT2D eigenvalue weighted by Gasteiger charge is -2.10. The zero-order chi connectivity index (χ0) is 23.4. The number of benzene rings is 3. The van der Waals surface area contributed by atoms with Crippen LogP contribution in [0.4, 0.5) is 25.8 Å². The maximum atomic E-state index is 13.2. The van der Waals surface area contributed by atoms with Gasteiger partial charge in [0.05, 0.1) is 17.6 Å². The third-order valence-corrected chi connectivity index (χ3v) is 4.68. The topological polar surface area (TPSA) is 115 Å². The van der Waals surface area contributed by atoms with Crippen LogP contribution in [0.5, 0.6) is 0 Å². The van der Waals surface area contributed by atoms with E-state index >= 15 is 0 Å². The fourth-order valence-corrected chi connectivity index (χ4v) is 3.03. The highest BCUT2D eigenvalue weighted by Crippen LogP contribution is 2.27. The second-order valence-electron chi connectivity index (χ2n) is 7.12. The van der Waals surface area contributed by atoms with Crippen molar-refractivity contribution in [1.82, 2.24) is 15.0 Å². The van der Waals surface area contributed by atoms with Crippen molar-refractivity contribution in [3.63, 3.8) is 0 Å². The van der Waals surface area contributed by atoms with Crippen LogP contribution in [0.2, 0.25) is 0 Å². The van der Waals surface area contributed by atoms with E-state index in [2.05, 4.69) is 20.9 Å². The van der Waals surface area contributed by atoms with Gasteiger partial charge < -0.3 is 16.4 Å². The highest BCUT2D eigenvalue weighted by molar-refractivity contribution is 6.04. The third kappa shape index (κ3) is 5.37. The minimum absolute atomic E-state index is 0.0174. The summed E-state index contributed by atoms with van der Waals surface area (Å²) in [6.45, 7) is -0.195. The molecule has 0 aliphatic carbocycles. The molecule has 166 valence electrons. The van der Waals surface area contributed by atoms with Crippen LogP contribution in [0.1, 0.15) is 10.5 Å². The maximum Gasteiger partial charge on any atom is 0.277 e. The number of halogens is 2. The highest BCUT2D eigenvalue weighted by Gasteiger charge is 2.15. The lowest BCUT2D eigenvalue weighted by molar-refractivity contribution is -0.116. The number of rotatable bonds is 6. The molecule has 0 spiro atoms. The Morgan fingerprint density at radius 3 is 2.21 bits per heavy atom. The van der Waals surface area contributed by atoms with Gasteiger partial charge in [-0.15, -0.1) is 5.10 Å². The Morgan fingerprint density at radius 1 is 0.879 bits per heavy atom. The number of nitrogens with one attached hydrogen (secondary N) is 2. The molecule has 0 radical (unpaired) electrons. The fourth-order valence-electron chi connectivity index (χ4n) is 3.03. The molecule has 0 bridgehead atoms. The minimum Gasteiger partial charge on any atom is -0.397 e. The number of nitrogens with two attached hydrogens (primary N) is 1. The van der Waals surface area contributed by atoms with Crippen LogP contribution < -0.4 is 16.4 Å². The predicted molar refractivity (Wildman–Crippen MR) is 119 cm³/mol. The molecule has 0 atom stereocenters. The number of carbonyl (C=O) groups excluding carboxylic acids is 2. The van der Waals surface area contributed by atoms with Gasteiger partial charge >= 0.3 is 0 Å². The van der Waals surface area contributed by atoms with Gasteiger partial charge in [0.1, 0.15) is 18.2 Å². The van der Waals surface area contributed by atoms with Crippen molar-refractivity contribution in [2.45, 2.75) is 6.54 Å². The van der Waals surface area contributed by atoms with Crippen LogP contribution in [0, 0.1) is 11.6 Å². The summed E-state index contributed by atoms with van der Waals surface area (Å²) in [4.78, 5) is 24.8. The first-order valence-corrected chi connectivity index (χ1v) is 9.80. The largest absolute Gasteiger partial charge is 0.397 e. The van der Waals surface area contributed by atoms with E-state index in [9.17, 15) is 18.4 Å². The monoisotopic (exact) mass is 448 g/mol. The fraction of sp³-hybridized carbons (Fsp3) is 0.0435. The van der Waals surface area contributed by atoms with Crippen molar-refractivity contribution in [2.75, 3.05) is 16.4 Å². The van der Waals surface area contributed by atoms with Gasteiger partial charge in [0, 0.05) is 5.69 Å². The molecular weight excluding hydrogens is 430 g/mol. The van der Waals surface area contributed by atoms with Crippen LogP contribution in [0.25, 0.3) is 11.1 Å². The summed E-state index contributed by atoms with van der Waals surface area (Å²) in [7, 11) is 0. The molecule has 0 unspecified atom stereocenters. The summed E-state index contributed by atoms with van der Waals surface area (Å²) in [6.07, 6.45) is 1.32. The predicted octanol–water partition coefficient (Wildman–Crippen LogP) is 3.70. The van der Waals surface area contributed by atoms with Gasteiger partial charge in [-0.3, -0.25) is 9.59 Å². The van der Waals surface area contributed by atoms with Crippen molar-refractivity contribution in [1.29, 1.82) is 0 Å². The smallest absolute Gasteiger partial charge is 0.277 e. The van der Waals surface area contributed by atoms with E-state index in [-0.39, 0.29) is 18.1 Å². The zero-order valence-electron chi connectivity index (χ0n) is 17.1. The number of carbonyl (C=O) groups is 2. The van der Waals surface area contributed by atoms with E-state index in [1.165, 1.54) is 47.3 Å². The van der Waals surface area contributed by atoms with E-state index < -0.39 is 17.6 Å². The van der Waals surface area contributed by atoms with Crippen LogP contribution in [-0.2, 0) is 11.3 Å². The highest BCUT2D eigenvalue weighted by atomic mass is 19.1. The summed E-state index contributed by atoms with van der Waals surface area (Å²) < 4.78 is 27.3. The number of amides is 2. The molecule has 0 aliphatic heterocycles. The molecule has 33 heavy (non-hydrogen) atoms. The average molecular weight is 448 g/mol. The first-order valence-electron chi connectivity index (χ1n) is 9.80. The minimum atomic E-state index is -0.567. The van der Waals surface area contributed by atoms with Crippen molar-refractivity contribution in [3.8, 4) is 11.1 Å².